The van der Waals surface area contributed by atoms with Crippen LogP contribution in [0.25, 0.3) is 39.5 Å². The summed E-state index contributed by atoms with van der Waals surface area (Å²) in [7, 11) is 0. The van der Waals surface area contributed by atoms with Gasteiger partial charge >= 0.3 is 0 Å². The Bertz CT molecular complexity index is 1710. The molecule has 0 radical (unpaired) electrons. The fraction of sp³-hybridized carbons (Fsp3) is 0.103. The van der Waals surface area contributed by atoms with Gasteiger partial charge in [0.25, 0.3) is 5.56 Å². The van der Waals surface area contributed by atoms with E-state index in [-0.39, 0.29) is 22.7 Å². The summed E-state index contributed by atoms with van der Waals surface area (Å²) < 4.78 is 22.0. The summed E-state index contributed by atoms with van der Waals surface area (Å²) in [5, 5.41) is 15.1. The van der Waals surface area contributed by atoms with Crippen LogP contribution in [0.5, 0.6) is 5.75 Å². The number of aromatic amines is 1. The fourth-order valence-corrected chi connectivity index (χ4v) is 3.93. The molecule has 5 aromatic rings. The average Bonchev–Trinajstić information content (AvgIpc) is 3.35. The highest BCUT2D eigenvalue weighted by molar-refractivity contribution is 5.91. The van der Waals surface area contributed by atoms with Crippen LogP contribution < -0.4 is 10.3 Å². The van der Waals surface area contributed by atoms with Gasteiger partial charge in [-0.15, -0.1) is 0 Å². The van der Waals surface area contributed by atoms with Crippen molar-refractivity contribution in [3.63, 3.8) is 0 Å². The first kappa shape index (κ1) is 23.7. The Morgan fingerprint density at radius 2 is 1.92 bits per heavy atom. The molecule has 0 amide bonds. The number of ether oxygens (including phenoxy) is 1. The van der Waals surface area contributed by atoms with Gasteiger partial charge in [-0.2, -0.15) is 10.4 Å². The molecule has 1 N–H and O–H groups in total. The number of fused-ring (bicyclic) bond motifs is 1. The van der Waals surface area contributed by atoms with E-state index < -0.39 is 5.82 Å². The Kier molecular flexibility index (Phi) is 6.60. The Morgan fingerprint density at radius 1 is 1.14 bits per heavy atom. The maximum atomic E-state index is 14.8. The van der Waals surface area contributed by atoms with E-state index in [0.29, 0.717) is 34.3 Å². The Hall–Kier alpha value is -5.03. The number of allylic oxidation sites excluding steroid dienone is 1. The molecule has 0 aliphatic rings. The van der Waals surface area contributed by atoms with Crippen molar-refractivity contribution in [1.29, 1.82) is 5.26 Å². The third-order valence-corrected chi connectivity index (χ3v) is 5.72. The third kappa shape index (κ3) is 4.88. The van der Waals surface area contributed by atoms with E-state index in [1.807, 2.05) is 37.3 Å². The molecular formula is C29H22FN5O2. The standard InChI is InChI=1S/C29H22FN5O2/c1-2-14-37-26-13-12-19(16-24(26)30)27-21(18-35(34-27)22-8-4-3-5-9-22)15-20(17-31)28-32-25-11-7-6-10-23(25)29(36)33-28/h3-13,15-16,18H,2,14H2,1H3,(H,32,33,36). The van der Waals surface area contributed by atoms with Crippen molar-refractivity contribution in [3.05, 3.63) is 107 Å². The van der Waals surface area contributed by atoms with E-state index in [9.17, 15) is 14.4 Å². The zero-order valence-corrected chi connectivity index (χ0v) is 20.0. The van der Waals surface area contributed by atoms with Gasteiger partial charge in [-0.05, 0) is 55.0 Å². The molecule has 0 unspecified atom stereocenters. The van der Waals surface area contributed by atoms with Gasteiger partial charge in [0.1, 0.15) is 11.8 Å². The monoisotopic (exact) mass is 491 g/mol. The van der Waals surface area contributed by atoms with E-state index in [1.165, 1.54) is 6.07 Å². The molecule has 2 heterocycles. The van der Waals surface area contributed by atoms with Gasteiger partial charge in [0.2, 0.25) is 0 Å². The Labute approximate surface area is 212 Å². The average molecular weight is 492 g/mol. The number of para-hydroxylation sites is 2. The zero-order chi connectivity index (χ0) is 25.8. The van der Waals surface area contributed by atoms with Crippen molar-refractivity contribution >= 4 is 22.6 Å². The van der Waals surface area contributed by atoms with E-state index in [4.69, 9.17) is 9.84 Å². The molecule has 0 spiro atoms. The number of nitriles is 1. The first-order chi connectivity index (χ1) is 18.1. The first-order valence-corrected chi connectivity index (χ1v) is 11.8. The molecule has 0 bridgehead atoms. The lowest BCUT2D eigenvalue weighted by molar-refractivity contribution is 0.301. The SMILES string of the molecule is CCCOc1ccc(-c2nn(-c3ccccc3)cc2C=C(C#N)c2nc3ccccc3c(=O)[nH]2)cc1F. The maximum Gasteiger partial charge on any atom is 0.259 e. The number of nitrogens with one attached hydrogen (secondary N) is 1. The number of H-pyrrole nitrogens is 1. The van der Waals surface area contributed by atoms with Gasteiger partial charge in [0.15, 0.2) is 17.4 Å². The molecule has 0 atom stereocenters. The molecule has 0 fully saturated rings. The summed E-state index contributed by atoms with van der Waals surface area (Å²) in [6, 6.07) is 23.2. The molecule has 0 saturated heterocycles. The lowest BCUT2D eigenvalue weighted by Crippen LogP contribution is -2.11. The fourth-order valence-electron chi connectivity index (χ4n) is 3.93. The second-order valence-corrected chi connectivity index (χ2v) is 8.31. The molecule has 0 saturated carbocycles. The highest BCUT2D eigenvalue weighted by atomic mass is 19.1. The normalized spacial score (nSPS) is 11.4. The molecular weight excluding hydrogens is 469 g/mol. The summed E-state index contributed by atoms with van der Waals surface area (Å²) in [6.07, 6.45) is 4.11. The molecule has 7 nitrogen and oxygen atoms in total. The smallest absolute Gasteiger partial charge is 0.259 e. The maximum absolute atomic E-state index is 14.8. The number of rotatable bonds is 7. The number of halogens is 1. The first-order valence-electron chi connectivity index (χ1n) is 11.8. The van der Waals surface area contributed by atoms with Crippen molar-refractivity contribution in [3.8, 4) is 28.8 Å². The molecule has 0 aliphatic heterocycles. The predicted molar refractivity (Wildman–Crippen MR) is 141 cm³/mol. The molecule has 8 heteroatoms. The van der Waals surface area contributed by atoms with E-state index in [0.717, 1.165) is 12.1 Å². The van der Waals surface area contributed by atoms with E-state index in [2.05, 4.69) is 16.0 Å². The quantitative estimate of drug-likeness (QED) is 0.292. The lowest BCUT2D eigenvalue weighted by atomic mass is 10.1. The highest BCUT2D eigenvalue weighted by Crippen LogP contribution is 2.30. The number of nitrogens with zero attached hydrogens (tertiary/aromatic N) is 4. The predicted octanol–water partition coefficient (Wildman–Crippen LogP) is 5.77. The number of aromatic nitrogens is 4. The summed E-state index contributed by atoms with van der Waals surface area (Å²) in [5.74, 6) is -0.198. The number of hydrogen-bond donors (Lipinski definition) is 1. The van der Waals surface area contributed by atoms with Gasteiger partial charge in [-0.25, -0.2) is 14.1 Å². The summed E-state index contributed by atoms with van der Waals surface area (Å²) in [4.78, 5) is 19.8. The highest BCUT2D eigenvalue weighted by Gasteiger charge is 2.16. The topological polar surface area (TPSA) is 96.6 Å². The molecule has 3 aromatic carbocycles. The van der Waals surface area contributed by atoms with Crippen molar-refractivity contribution in [2.75, 3.05) is 6.61 Å². The van der Waals surface area contributed by atoms with Gasteiger partial charge in [-0.1, -0.05) is 37.3 Å². The van der Waals surface area contributed by atoms with Crippen LogP contribution in [-0.4, -0.2) is 26.4 Å². The van der Waals surface area contributed by atoms with Crippen molar-refractivity contribution < 1.29 is 9.13 Å². The van der Waals surface area contributed by atoms with Crippen LogP contribution >= 0.6 is 0 Å². The van der Waals surface area contributed by atoms with Crippen LogP contribution in [0, 0.1) is 17.1 Å². The molecule has 2 aromatic heterocycles. The van der Waals surface area contributed by atoms with Crippen LogP contribution in [0.2, 0.25) is 0 Å². The molecule has 37 heavy (non-hydrogen) atoms. The van der Waals surface area contributed by atoms with Crippen LogP contribution in [0.3, 0.4) is 0 Å². The van der Waals surface area contributed by atoms with Crippen LogP contribution in [-0.2, 0) is 0 Å². The van der Waals surface area contributed by atoms with Crippen LogP contribution in [0.15, 0.2) is 83.8 Å². The van der Waals surface area contributed by atoms with Gasteiger partial charge in [0, 0.05) is 17.3 Å². The zero-order valence-electron chi connectivity index (χ0n) is 20.0. The van der Waals surface area contributed by atoms with Crippen molar-refractivity contribution in [2.45, 2.75) is 13.3 Å². The van der Waals surface area contributed by atoms with Gasteiger partial charge in [0.05, 0.1) is 28.8 Å². The minimum absolute atomic E-state index is 0.138. The second-order valence-electron chi connectivity index (χ2n) is 8.31. The molecule has 182 valence electrons. The van der Waals surface area contributed by atoms with Crippen LogP contribution in [0.4, 0.5) is 4.39 Å². The Morgan fingerprint density at radius 3 is 2.68 bits per heavy atom. The van der Waals surface area contributed by atoms with Crippen LogP contribution in [0.1, 0.15) is 24.7 Å². The lowest BCUT2D eigenvalue weighted by Gasteiger charge is -2.07. The largest absolute Gasteiger partial charge is 0.491 e. The van der Waals surface area contributed by atoms with Crippen molar-refractivity contribution in [1.82, 2.24) is 19.7 Å². The van der Waals surface area contributed by atoms with E-state index in [1.54, 1.807) is 53.4 Å². The number of hydrogen-bond acceptors (Lipinski definition) is 5. The molecule has 5 rings (SSSR count). The summed E-state index contributed by atoms with van der Waals surface area (Å²) >= 11 is 0. The van der Waals surface area contributed by atoms with Crippen molar-refractivity contribution in [2.24, 2.45) is 0 Å². The minimum atomic E-state index is -0.504. The molecule has 0 aliphatic carbocycles. The minimum Gasteiger partial charge on any atom is -0.491 e. The van der Waals surface area contributed by atoms with E-state index >= 15 is 0 Å². The third-order valence-electron chi connectivity index (χ3n) is 5.72. The second kappa shape index (κ2) is 10.3. The summed E-state index contributed by atoms with van der Waals surface area (Å²) in [5.41, 5.74) is 2.60. The number of benzene rings is 3. The van der Waals surface area contributed by atoms with Gasteiger partial charge in [-0.3, -0.25) is 4.79 Å². The Balaban J connectivity index is 1.65. The van der Waals surface area contributed by atoms with Gasteiger partial charge < -0.3 is 9.72 Å². The summed E-state index contributed by atoms with van der Waals surface area (Å²) in [6.45, 7) is 2.36.